The van der Waals surface area contributed by atoms with Crippen LogP contribution in [0.2, 0.25) is 10.0 Å². The SMILES string of the molecule is CCCNC(=O)[C@H](CC)N(Cc1ccc(Cl)cc1Cl)C(=O)CN(c1ccccc1CC)S(C)(=O)=O. The molecule has 35 heavy (non-hydrogen) atoms. The minimum absolute atomic E-state index is 0.0277. The monoisotopic (exact) mass is 541 g/mol. The normalized spacial score (nSPS) is 12.2. The second-order valence-electron chi connectivity index (χ2n) is 8.22. The number of carbonyl (C=O) groups excluding carboxylic acids is 2. The summed E-state index contributed by atoms with van der Waals surface area (Å²) in [4.78, 5) is 28.1. The first-order valence-electron chi connectivity index (χ1n) is 11.6. The number of sulfonamides is 1. The number of nitrogens with zero attached hydrogens (tertiary/aromatic N) is 2. The molecule has 1 N–H and O–H groups in total. The second kappa shape index (κ2) is 13.1. The molecular formula is C25H33Cl2N3O4S. The van der Waals surface area contributed by atoms with Gasteiger partial charge in [0.2, 0.25) is 21.8 Å². The molecule has 0 saturated heterocycles. The van der Waals surface area contributed by atoms with Crippen molar-refractivity contribution in [1.82, 2.24) is 10.2 Å². The minimum Gasteiger partial charge on any atom is -0.354 e. The molecule has 0 aromatic heterocycles. The Hall–Kier alpha value is -2.29. The summed E-state index contributed by atoms with van der Waals surface area (Å²) in [7, 11) is -3.79. The molecule has 0 unspecified atom stereocenters. The number of hydrogen-bond acceptors (Lipinski definition) is 4. The van der Waals surface area contributed by atoms with Gasteiger partial charge >= 0.3 is 0 Å². The molecule has 0 bridgehead atoms. The lowest BCUT2D eigenvalue weighted by Gasteiger charge is -2.33. The highest BCUT2D eigenvalue weighted by Crippen LogP contribution is 2.26. The highest BCUT2D eigenvalue weighted by Gasteiger charge is 2.32. The Morgan fingerprint density at radius 3 is 2.29 bits per heavy atom. The van der Waals surface area contributed by atoms with Crippen LogP contribution in [0.25, 0.3) is 0 Å². The van der Waals surface area contributed by atoms with E-state index >= 15 is 0 Å². The van der Waals surface area contributed by atoms with E-state index in [1.54, 1.807) is 37.3 Å². The number of rotatable bonds is 12. The van der Waals surface area contributed by atoms with Crippen molar-refractivity contribution < 1.29 is 18.0 Å². The number of benzene rings is 2. The third-order valence-corrected chi connectivity index (χ3v) is 7.32. The van der Waals surface area contributed by atoms with E-state index in [0.29, 0.717) is 40.7 Å². The highest BCUT2D eigenvalue weighted by atomic mass is 35.5. The van der Waals surface area contributed by atoms with Crippen LogP contribution in [0.5, 0.6) is 0 Å². The zero-order valence-electron chi connectivity index (χ0n) is 20.6. The molecular weight excluding hydrogens is 509 g/mol. The van der Waals surface area contributed by atoms with E-state index in [2.05, 4.69) is 5.32 Å². The molecule has 0 fully saturated rings. The van der Waals surface area contributed by atoms with Crippen LogP contribution < -0.4 is 9.62 Å². The van der Waals surface area contributed by atoms with Gasteiger partial charge in [0.05, 0.1) is 11.9 Å². The van der Waals surface area contributed by atoms with E-state index < -0.39 is 28.5 Å². The average Bonchev–Trinajstić information content (AvgIpc) is 2.81. The molecule has 7 nitrogen and oxygen atoms in total. The van der Waals surface area contributed by atoms with Crippen molar-refractivity contribution in [2.75, 3.05) is 23.7 Å². The van der Waals surface area contributed by atoms with Crippen molar-refractivity contribution in [3.8, 4) is 0 Å². The molecule has 0 saturated carbocycles. The molecule has 0 spiro atoms. The summed E-state index contributed by atoms with van der Waals surface area (Å²) in [5, 5.41) is 3.65. The number of carbonyl (C=O) groups is 2. The third-order valence-electron chi connectivity index (χ3n) is 5.61. The van der Waals surface area contributed by atoms with Gasteiger partial charge in [0.15, 0.2) is 0 Å². The van der Waals surface area contributed by atoms with E-state index in [9.17, 15) is 18.0 Å². The molecule has 2 aromatic rings. The fourth-order valence-electron chi connectivity index (χ4n) is 3.77. The van der Waals surface area contributed by atoms with Gasteiger partial charge < -0.3 is 10.2 Å². The second-order valence-corrected chi connectivity index (χ2v) is 11.0. The lowest BCUT2D eigenvalue weighted by molar-refractivity contribution is -0.140. The van der Waals surface area contributed by atoms with Crippen molar-refractivity contribution in [1.29, 1.82) is 0 Å². The van der Waals surface area contributed by atoms with E-state index in [1.807, 2.05) is 26.0 Å². The molecule has 0 radical (unpaired) electrons. The van der Waals surface area contributed by atoms with Crippen LogP contribution in [0.1, 0.15) is 44.7 Å². The van der Waals surface area contributed by atoms with Crippen LogP contribution in [0, 0.1) is 0 Å². The molecule has 192 valence electrons. The fourth-order valence-corrected chi connectivity index (χ4v) is 5.12. The first-order chi connectivity index (χ1) is 16.5. The maximum absolute atomic E-state index is 13.7. The number of amides is 2. The van der Waals surface area contributed by atoms with Gasteiger partial charge in [0.25, 0.3) is 0 Å². The van der Waals surface area contributed by atoms with Gasteiger partial charge in [-0.05, 0) is 48.6 Å². The van der Waals surface area contributed by atoms with Crippen molar-refractivity contribution in [3.63, 3.8) is 0 Å². The Morgan fingerprint density at radius 2 is 1.71 bits per heavy atom. The summed E-state index contributed by atoms with van der Waals surface area (Å²) in [6.07, 6.45) is 2.75. The third kappa shape index (κ3) is 7.85. The van der Waals surface area contributed by atoms with E-state index in [4.69, 9.17) is 23.2 Å². The predicted octanol–water partition coefficient (Wildman–Crippen LogP) is 4.66. The van der Waals surface area contributed by atoms with Crippen LogP contribution in [0.4, 0.5) is 5.69 Å². The molecule has 1 atom stereocenters. The smallest absolute Gasteiger partial charge is 0.244 e. The van der Waals surface area contributed by atoms with Gasteiger partial charge in [-0.1, -0.05) is 68.2 Å². The zero-order chi connectivity index (χ0) is 26.2. The number of aryl methyl sites for hydroxylation is 1. The minimum atomic E-state index is -3.79. The van der Waals surface area contributed by atoms with Crippen molar-refractivity contribution in [2.24, 2.45) is 0 Å². The molecule has 2 aromatic carbocycles. The molecule has 0 aliphatic rings. The quantitative estimate of drug-likeness (QED) is 0.423. The number of anilines is 1. The average molecular weight is 543 g/mol. The Balaban J connectivity index is 2.49. The molecule has 0 heterocycles. The van der Waals surface area contributed by atoms with Gasteiger partial charge in [0, 0.05) is 23.1 Å². The maximum atomic E-state index is 13.7. The van der Waals surface area contributed by atoms with Gasteiger partial charge in [-0.15, -0.1) is 0 Å². The van der Waals surface area contributed by atoms with Gasteiger partial charge in [-0.25, -0.2) is 8.42 Å². The Labute approximate surface area is 218 Å². The number of para-hydroxylation sites is 1. The first-order valence-corrected chi connectivity index (χ1v) is 14.2. The molecule has 2 rings (SSSR count). The van der Waals surface area contributed by atoms with E-state index in [-0.39, 0.29) is 12.5 Å². The van der Waals surface area contributed by atoms with E-state index in [0.717, 1.165) is 22.5 Å². The Morgan fingerprint density at radius 1 is 1.03 bits per heavy atom. The molecule has 10 heteroatoms. The van der Waals surface area contributed by atoms with Gasteiger partial charge in [-0.3, -0.25) is 13.9 Å². The predicted molar refractivity (Wildman–Crippen MR) is 142 cm³/mol. The number of nitrogens with one attached hydrogen (secondary N) is 1. The summed E-state index contributed by atoms with van der Waals surface area (Å²) in [6, 6.07) is 11.2. The fraction of sp³-hybridized carbons (Fsp3) is 0.440. The maximum Gasteiger partial charge on any atom is 0.244 e. The van der Waals surface area contributed by atoms with Crippen molar-refractivity contribution in [2.45, 2.75) is 52.6 Å². The summed E-state index contributed by atoms with van der Waals surface area (Å²) < 4.78 is 26.6. The van der Waals surface area contributed by atoms with Gasteiger partial charge in [0.1, 0.15) is 12.6 Å². The largest absolute Gasteiger partial charge is 0.354 e. The molecule has 0 aliphatic heterocycles. The topological polar surface area (TPSA) is 86.8 Å². The van der Waals surface area contributed by atoms with Crippen LogP contribution >= 0.6 is 23.2 Å². The lowest BCUT2D eigenvalue weighted by atomic mass is 10.1. The van der Waals surface area contributed by atoms with Crippen LogP contribution in [-0.4, -0.2) is 50.5 Å². The van der Waals surface area contributed by atoms with E-state index in [1.165, 1.54) is 4.90 Å². The zero-order valence-corrected chi connectivity index (χ0v) is 22.9. The number of hydrogen-bond donors (Lipinski definition) is 1. The number of halogens is 2. The first kappa shape index (κ1) is 28.9. The Kier molecular flexibility index (Phi) is 10.9. The lowest BCUT2D eigenvalue weighted by Crippen LogP contribution is -2.52. The van der Waals surface area contributed by atoms with Crippen LogP contribution in [-0.2, 0) is 32.6 Å². The summed E-state index contributed by atoms with van der Waals surface area (Å²) >= 11 is 12.4. The highest BCUT2D eigenvalue weighted by molar-refractivity contribution is 7.92. The molecule has 0 aliphatic carbocycles. The van der Waals surface area contributed by atoms with Crippen LogP contribution in [0.15, 0.2) is 42.5 Å². The van der Waals surface area contributed by atoms with Crippen molar-refractivity contribution >= 4 is 50.7 Å². The standard InChI is InChI=1S/C25H33Cl2N3O4S/c1-5-14-28-25(32)22(7-3)29(16-19-12-13-20(26)15-21(19)27)24(31)17-30(35(4,33)34)23-11-9-8-10-18(23)6-2/h8-13,15,22H,5-7,14,16-17H2,1-4H3,(H,28,32)/t22-/m0/s1. The van der Waals surface area contributed by atoms with Gasteiger partial charge in [-0.2, -0.15) is 0 Å². The molecule has 2 amide bonds. The summed E-state index contributed by atoms with van der Waals surface area (Å²) in [5.74, 6) is -0.807. The van der Waals surface area contributed by atoms with Crippen molar-refractivity contribution in [3.05, 3.63) is 63.6 Å². The Bertz CT molecular complexity index is 1140. The summed E-state index contributed by atoms with van der Waals surface area (Å²) in [6.45, 7) is 5.71. The van der Waals surface area contributed by atoms with Crippen LogP contribution in [0.3, 0.4) is 0 Å². The summed E-state index contributed by atoms with van der Waals surface area (Å²) in [5.41, 5.74) is 1.84.